The summed E-state index contributed by atoms with van der Waals surface area (Å²) < 4.78 is 0. The summed E-state index contributed by atoms with van der Waals surface area (Å²) in [4.78, 5) is 11.3. The van der Waals surface area contributed by atoms with Crippen molar-refractivity contribution in [3.05, 3.63) is 76.6 Å². The summed E-state index contributed by atoms with van der Waals surface area (Å²) >= 11 is 0. The summed E-state index contributed by atoms with van der Waals surface area (Å²) in [7, 11) is 1.79. The highest BCUT2D eigenvalue weighted by atomic mass is 16.4. The molecule has 1 aliphatic heterocycles. The van der Waals surface area contributed by atoms with Crippen LogP contribution in [0.4, 0.5) is 5.69 Å². The number of aliphatic carboxylic acids is 1. The van der Waals surface area contributed by atoms with Gasteiger partial charge in [-0.15, -0.1) is 0 Å². The van der Waals surface area contributed by atoms with Crippen LogP contribution in [-0.4, -0.2) is 35.9 Å². The lowest BCUT2D eigenvalue weighted by molar-refractivity contribution is -0.136. The van der Waals surface area contributed by atoms with Crippen LogP contribution < -0.4 is 22.2 Å². The van der Waals surface area contributed by atoms with Gasteiger partial charge in [0.15, 0.2) is 0 Å². The van der Waals surface area contributed by atoms with E-state index < -0.39 is 5.97 Å². The Morgan fingerprint density at radius 3 is 2.72 bits per heavy atom. The van der Waals surface area contributed by atoms with Crippen LogP contribution >= 0.6 is 0 Å². The molecule has 1 unspecified atom stereocenters. The first-order chi connectivity index (χ1) is 15.3. The molecule has 8 nitrogen and oxygen atoms in total. The van der Waals surface area contributed by atoms with Crippen molar-refractivity contribution in [3.63, 3.8) is 0 Å². The van der Waals surface area contributed by atoms with Crippen LogP contribution in [0.1, 0.15) is 41.6 Å². The molecule has 0 saturated carbocycles. The number of carbonyl (C=O) groups is 1. The minimum absolute atomic E-state index is 0.0677. The average Bonchev–Trinajstić information content (AvgIpc) is 2.89. The Morgan fingerprint density at radius 1 is 1.31 bits per heavy atom. The van der Waals surface area contributed by atoms with Gasteiger partial charge in [-0.05, 0) is 42.2 Å². The van der Waals surface area contributed by atoms with E-state index in [4.69, 9.17) is 17.0 Å². The number of nitrogens with one attached hydrogen (secondary N) is 3. The fraction of sp³-hybridized carbons (Fsp3) is 0.250. The summed E-state index contributed by atoms with van der Waals surface area (Å²) in [5.74, 6) is 5.47. The van der Waals surface area contributed by atoms with Crippen LogP contribution in [0.25, 0.3) is 11.3 Å². The molecule has 1 aliphatic rings. The van der Waals surface area contributed by atoms with E-state index in [1.165, 1.54) is 6.21 Å². The third kappa shape index (κ3) is 4.92. The third-order valence-electron chi connectivity index (χ3n) is 5.48. The number of hydrogen-bond acceptors (Lipinski definition) is 7. The SMILES string of the molecule is CN/C=C(\C=N)c1ccc2c(c1)C(Nc1ccccc1CC(=O)O)CCN(N)/C2=C(/C)N. The first-order valence-corrected chi connectivity index (χ1v) is 10.4. The molecule has 2 aromatic rings. The maximum Gasteiger partial charge on any atom is 0.307 e. The second kappa shape index (κ2) is 10.0. The van der Waals surface area contributed by atoms with Gasteiger partial charge in [0.25, 0.3) is 0 Å². The van der Waals surface area contributed by atoms with Crippen molar-refractivity contribution in [2.45, 2.75) is 25.8 Å². The molecule has 0 bridgehead atoms. The zero-order valence-electron chi connectivity index (χ0n) is 18.4. The molecule has 1 heterocycles. The number of allylic oxidation sites excluding steroid dienone is 2. The van der Waals surface area contributed by atoms with E-state index in [0.29, 0.717) is 24.2 Å². The van der Waals surface area contributed by atoms with Gasteiger partial charge in [0, 0.05) is 48.5 Å². The molecule has 8 N–H and O–H groups in total. The fourth-order valence-corrected chi connectivity index (χ4v) is 4.06. The number of carboxylic acids is 1. The number of anilines is 1. The second-order valence-corrected chi connectivity index (χ2v) is 7.77. The molecular formula is C24H30N6O2. The molecule has 1 atom stereocenters. The minimum atomic E-state index is -0.882. The fourth-order valence-electron chi connectivity index (χ4n) is 4.06. The predicted octanol–water partition coefficient (Wildman–Crippen LogP) is 2.90. The van der Waals surface area contributed by atoms with Crippen molar-refractivity contribution in [3.8, 4) is 0 Å². The number of hydrogen-bond donors (Lipinski definition) is 6. The molecular weight excluding hydrogens is 404 g/mol. The van der Waals surface area contributed by atoms with Crippen molar-refractivity contribution in [1.29, 1.82) is 5.41 Å². The van der Waals surface area contributed by atoms with Crippen LogP contribution in [-0.2, 0) is 11.2 Å². The zero-order valence-corrected chi connectivity index (χ0v) is 18.4. The highest BCUT2D eigenvalue weighted by Crippen LogP contribution is 2.37. The second-order valence-electron chi connectivity index (χ2n) is 7.77. The van der Waals surface area contributed by atoms with Gasteiger partial charge in [0.2, 0.25) is 0 Å². The molecule has 0 saturated heterocycles. The van der Waals surface area contributed by atoms with E-state index in [9.17, 15) is 9.90 Å². The number of nitrogens with two attached hydrogens (primary N) is 2. The van der Waals surface area contributed by atoms with Crippen molar-refractivity contribution < 1.29 is 9.90 Å². The Hall–Kier alpha value is -3.78. The molecule has 0 aliphatic carbocycles. The van der Waals surface area contributed by atoms with Crippen LogP contribution in [0.2, 0.25) is 0 Å². The number of rotatable bonds is 7. The summed E-state index contributed by atoms with van der Waals surface area (Å²) in [5.41, 5.74) is 12.6. The zero-order chi connectivity index (χ0) is 23.3. The molecule has 0 radical (unpaired) electrons. The van der Waals surface area contributed by atoms with Crippen LogP contribution in [0, 0.1) is 5.41 Å². The average molecular weight is 435 g/mol. The molecule has 32 heavy (non-hydrogen) atoms. The lowest BCUT2D eigenvalue weighted by Crippen LogP contribution is -2.31. The predicted molar refractivity (Wildman–Crippen MR) is 129 cm³/mol. The van der Waals surface area contributed by atoms with Gasteiger partial charge in [-0.3, -0.25) is 4.79 Å². The Morgan fingerprint density at radius 2 is 2.06 bits per heavy atom. The van der Waals surface area contributed by atoms with Gasteiger partial charge in [-0.1, -0.05) is 30.3 Å². The number of benzene rings is 2. The van der Waals surface area contributed by atoms with E-state index in [1.807, 2.05) is 49.4 Å². The van der Waals surface area contributed by atoms with Crippen molar-refractivity contribution in [1.82, 2.24) is 10.3 Å². The van der Waals surface area contributed by atoms with E-state index in [2.05, 4.69) is 10.6 Å². The van der Waals surface area contributed by atoms with Gasteiger partial charge in [-0.2, -0.15) is 0 Å². The van der Waals surface area contributed by atoms with Crippen LogP contribution in [0.15, 0.2) is 54.4 Å². The van der Waals surface area contributed by atoms with Gasteiger partial charge >= 0.3 is 5.97 Å². The van der Waals surface area contributed by atoms with Crippen LogP contribution in [0.3, 0.4) is 0 Å². The Bertz CT molecular complexity index is 1070. The standard InChI is InChI=1S/C24H30N6O2/c1-15(26)24-19-8-7-16(18(13-25)14-28-2)11-20(19)22(9-10-30(24)27)29-21-6-4-3-5-17(21)12-23(31)32/h3-8,11,13-14,22,25,28-29H,9-10,12,26-27H2,1-2H3,(H,31,32)/b18-14+,24-15-,25-13?. The number of nitrogens with zero attached hydrogens (tertiary/aromatic N) is 1. The number of para-hydroxylation sites is 1. The molecule has 3 rings (SSSR count). The molecule has 2 aromatic carbocycles. The molecule has 0 spiro atoms. The topological polar surface area (TPSA) is 140 Å². The third-order valence-corrected chi connectivity index (χ3v) is 5.48. The number of carboxylic acid groups (broad SMARTS) is 1. The number of fused-ring (bicyclic) bond motifs is 1. The summed E-state index contributed by atoms with van der Waals surface area (Å²) in [6.45, 7) is 2.39. The Kier molecular flexibility index (Phi) is 7.17. The quantitative estimate of drug-likeness (QED) is 0.291. The highest BCUT2D eigenvalue weighted by molar-refractivity contribution is 6.08. The summed E-state index contributed by atoms with van der Waals surface area (Å²) in [6, 6.07) is 13.3. The van der Waals surface area contributed by atoms with Crippen LogP contribution in [0.5, 0.6) is 0 Å². The molecule has 8 heteroatoms. The molecule has 168 valence electrons. The van der Waals surface area contributed by atoms with E-state index in [1.54, 1.807) is 18.3 Å². The smallest absolute Gasteiger partial charge is 0.307 e. The lowest BCUT2D eigenvalue weighted by atomic mass is 9.92. The molecule has 0 fully saturated rings. The van der Waals surface area contributed by atoms with Gasteiger partial charge < -0.3 is 31.9 Å². The van der Waals surface area contributed by atoms with Gasteiger partial charge in [-0.25, -0.2) is 5.84 Å². The maximum atomic E-state index is 11.3. The van der Waals surface area contributed by atoms with Gasteiger partial charge in [0.1, 0.15) is 0 Å². The van der Waals surface area contributed by atoms with E-state index >= 15 is 0 Å². The summed E-state index contributed by atoms with van der Waals surface area (Å²) in [6.07, 6.45) is 3.69. The molecule has 0 aromatic heterocycles. The Balaban J connectivity index is 2.14. The maximum absolute atomic E-state index is 11.3. The van der Waals surface area contributed by atoms with Gasteiger partial charge in [0.05, 0.1) is 18.2 Å². The largest absolute Gasteiger partial charge is 0.481 e. The minimum Gasteiger partial charge on any atom is -0.481 e. The van der Waals surface area contributed by atoms with E-state index in [-0.39, 0.29) is 12.5 Å². The summed E-state index contributed by atoms with van der Waals surface area (Å²) in [5, 5.41) is 25.3. The monoisotopic (exact) mass is 434 g/mol. The van der Waals surface area contributed by atoms with E-state index in [0.717, 1.165) is 33.6 Å². The Labute approximate surface area is 188 Å². The number of hydrazine groups is 1. The highest BCUT2D eigenvalue weighted by Gasteiger charge is 2.26. The van der Waals surface area contributed by atoms with Crippen molar-refractivity contribution >= 4 is 29.1 Å². The van der Waals surface area contributed by atoms with Crippen molar-refractivity contribution in [2.75, 3.05) is 18.9 Å². The molecule has 0 amide bonds. The normalized spacial score (nSPS) is 17.8. The first-order valence-electron chi connectivity index (χ1n) is 10.4. The lowest BCUT2D eigenvalue weighted by Gasteiger charge is -2.23. The van der Waals surface area contributed by atoms with Crippen molar-refractivity contribution in [2.24, 2.45) is 11.6 Å². The first kappa shape index (κ1) is 22.9.